The van der Waals surface area contributed by atoms with E-state index in [1.165, 1.54) is 12.7 Å². The topological polar surface area (TPSA) is 73.5 Å². The van der Waals surface area contributed by atoms with E-state index in [1.807, 2.05) is 24.3 Å². The second-order valence-corrected chi connectivity index (χ2v) is 8.05. The standard InChI is InChI=1S/C23H21IN2O4/c1-28-23(27)16-5-7-19-18(14-16)17(22(24)26(19)10-2-9-25)6-3-15-4-8-20-21(13-15)30-12-11-29-20/h4-5,7-8,13-14H,2-3,6,10-12H2,1H3. The molecule has 0 spiro atoms. The van der Waals surface area contributed by atoms with Gasteiger partial charge in [-0.2, -0.15) is 5.26 Å². The van der Waals surface area contributed by atoms with E-state index >= 15 is 0 Å². The summed E-state index contributed by atoms with van der Waals surface area (Å²) in [5.41, 5.74) is 3.89. The molecule has 2 heterocycles. The molecule has 0 radical (unpaired) electrons. The lowest BCUT2D eigenvalue weighted by Crippen LogP contribution is -2.15. The highest BCUT2D eigenvalue weighted by molar-refractivity contribution is 14.1. The minimum Gasteiger partial charge on any atom is -0.486 e. The van der Waals surface area contributed by atoms with Gasteiger partial charge in [0, 0.05) is 17.4 Å². The zero-order valence-corrected chi connectivity index (χ0v) is 18.8. The van der Waals surface area contributed by atoms with Crippen molar-refractivity contribution >= 4 is 39.5 Å². The number of carbonyl (C=O) groups is 1. The largest absolute Gasteiger partial charge is 0.486 e. The maximum atomic E-state index is 12.0. The van der Waals surface area contributed by atoms with Crippen LogP contribution >= 0.6 is 22.6 Å². The Bertz CT molecular complexity index is 1150. The molecule has 0 bridgehead atoms. The highest BCUT2D eigenvalue weighted by Gasteiger charge is 2.18. The molecule has 2 aromatic carbocycles. The Kier molecular flexibility index (Phi) is 6.13. The van der Waals surface area contributed by atoms with Crippen LogP contribution in [0.15, 0.2) is 36.4 Å². The molecule has 30 heavy (non-hydrogen) atoms. The molecule has 154 valence electrons. The molecule has 0 aliphatic carbocycles. The molecule has 4 rings (SSSR count). The second kappa shape index (κ2) is 8.96. The van der Waals surface area contributed by atoms with Crippen LogP contribution in [0.3, 0.4) is 0 Å². The van der Waals surface area contributed by atoms with Crippen molar-refractivity contribution in [2.45, 2.75) is 25.8 Å². The van der Waals surface area contributed by atoms with Crippen molar-refractivity contribution in [2.75, 3.05) is 20.3 Å². The van der Waals surface area contributed by atoms with Gasteiger partial charge in [-0.25, -0.2) is 4.79 Å². The average Bonchev–Trinajstić information content (AvgIpc) is 3.05. The van der Waals surface area contributed by atoms with Crippen molar-refractivity contribution in [3.63, 3.8) is 0 Å². The first-order valence-corrected chi connectivity index (χ1v) is 10.8. The zero-order valence-electron chi connectivity index (χ0n) is 16.6. The third-order valence-electron chi connectivity index (χ3n) is 5.24. The molecule has 3 aromatic rings. The van der Waals surface area contributed by atoms with E-state index in [1.54, 1.807) is 6.07 Å². The summed E-state index contributed by atoms with van der Waals surface area (Å²) in [6.45, 7) is 1.76. The third-order valence-corrected chi connectivity index (χ3v) is 6.47. The van der Waals surface area contributed by atoms with Crippen LogP contribution in [-0.2, 0) is 24.1 Å². The predicted octanol–water partition coefficient (Wildman–Crippen LogP) is 4.50. The molecule has 0 saturated carbocycles. The minimum atomic E-state index is -0.352. The van der Waals surface area contributed by atoms with Gasteiger partial charge < -0.3 is 18.8 Å². The fourth-order valence-corrected chi connectivity index (χ4v) is 4.83. The number of esters is 1. The lowest BCUT2D eigenvalue weighted by Gasteiger charge is -2.18. The zero-order chi connectivity index (χ0) is 21.1. The smallest absolute Gasteiger partial charge is 0.337 e. The van der Waals surface area contributed by atoms with Crippen molar-refractivity contribution in [3.8, 4) is 17.6 Å². The van der Waals surface area contributed by atoms with Gasteiger partial charge in [0.2, 0.25) is 0 Å². The summed E-state index contributed by atoms with van der Waals surface area (Å²) in [4.78, 5) is 12.0. The summed E-state index contributed by atoms with van der Waals surface area (Å²) in [5.74, 6) is 1.22. The summed E-state index contributed by atoms with van der Waals surface area (Å²) in [7, 11) is 1.39. The van der Waals surface area contributed by atoms with Gasteiger partial charge in [-0.15, -0.1) is 0 Å². The van der Waals surface area contributed by atoms with Crippen molar-refractivity contribution in [2.24, 2.45) is 0 Å². The monoisotopic (exact) mass is 516 g/mol. The van der Waals surface area contributed by atoms with Gasteiger partial charge in [-0.05, 0) is 76.9 Å². The first-order valence-electron chi connectivity index (χ1n) is 9.76. The molecule has 1 aliphatic heterocycles. The second-order valence-electron chi connectivity index (χ2n) is 7.03. The Hall–Kier alpha value is -2.73. The van der Waals surface area contributed by atoms with Crippen LogP contribution in [0.25, 0.3) is 10.9 Å². The van der Waals surface area contributed by atoms with Crippen LogP contribution in [0, 0.1) is 15.0 Å². The van der Waals surface area contributed by atoms with E-state index in [0.29, 0.717) is 31.7 Å². The fourth-order valence-electron chi connectivity index (χ4n) is 3.77. The number of nitrogens with zero attached hydrogens (tertiary/aromatic N) is 2. The highest BCUT2D eigenvalue weighted by atomic mass is 127. The number of aryl methyl sites for hydroxylation is 3. The number of nitriles is 1. The van der Waals surface area contributed by atoms with Crippen LogP contribution in [0.1, 0.15) is 27.9 Å². The van der Waals surface area contributed by atoms with E-state index in [-0.39, 0.29) is 5.97 Å². The summed E-state index contributed by atoms with van der Waals surface area (Å²) < 4.78 is 19.4. The molecule has 0 unspecified atom stereocenters. The van der Waals surface area contributed by atoms with Crippen molar-refractivity contribution in [1.29, 1.82) is 5.26 Å². The summed E-state index contributed by atoms with van der Waals surface area (Å²) in [6, 6.07) is 13.9. The van der Waals surface area contributed by atoms with Gasteiger partial charge >= 0.3 is 5.97 Å². The number of halogens is 1. The third kappa shape index (κ3) is 3.97. The van der Waals surface area contributed by atoms with Crippen LogP contribution in [-0.4, -0.2) is 30.9 Å². The molecule has 0 fully saturated rings. The summed E-state index contributed by atoms with van der Waals surface area (Å²) in [6.07, 6.45) is 2.06. The van der Waals surface area contributed by atoms with Gasteiger partial charge in [0.15, 0.2) is 11.5 Å². The molecular weight excluding hydrogens is 495 g/mol. The Morgan fingerprint density at radius 3 is 2.73 bits per heavy atom. The average molecular weight is 516 g/mol. The first-order chi connectivity index (χ1) is 14.6. The Balaban J connectivity index is 1.68. The molecule has 0 amide bonds. The summed E-state index contributed by atoms with van der Waals surface area (Å²) >= 11 is 2.34. The van der Waals surface area contributed by atoms with E-state index < -0.39 is 0 Å². The Labute approximate surface area is 188 Å². The fraction of sp³-hybridized carbons (Fsp3) is 0.304. The lowest BCUT2D eigenvalue weighted by atomic mass is 10.0. The molecule has 1 aliphatic rings. The van der Waals surface area contributed by atoms with E-state index in [2.05, 4.69) is 39.3 Å². The van der Waals surface area contributed by atoms with Crippen LogP contribution in [0.5, 0.6) is 11.5 Å². The lowest BCUT2D eigenvalue weighted by molar-refractivity contribution is 0.0601. The van der Waals surface area contributed by atoms with E-state index in [0.717, 1.165) is 44.5 Å². The molecule has 6 nitrogen and oxygen atoms in total. The maximum absolute atomic E-state index is 12.0. The Morgan fingerprint density at radius 2 is 1.97 bits per heavy atom. The number of fused-ring (bicyclic) bond motifs is 2. The summed E-state index contributed by atoms with van der Waals surface area (Å²) in [5, 5.41) is 10.1. The number of carbonyl (C=O) groups excluding carboxylic acids is 1. The number of benzene rings is 2. The SMILES string of the molecule is COC(=O)c1ccc2c(c1)c(CCc1ccc3c(c1)OCCO3)c(I)n2CCC#N. The molecular formula is C23H21IN2O4. The number of hydrogen-bond donors (Lipinski definition) is 0. The minimum absolute atomic E-state index is 0.352. The van der Waals surface area contributed by atoms with Crippen LogP contribution < -0.4 is 9.47 Å². The maximum Gasteiger partial charge on any atom is 0.337 e. The van der Waals surface area contributed by atoms with Crippen molar-refractivity contribution < 1.29 is 19.0 Å². The van der Waals surface area contributed by atoms with Gasteiger partial charge in [-0.1, -0.05) is 6.07 Å². The van der Waals surface area contributed by atoms with Gasteiger partial charge in [0.1, 0.15) is 13.2 Å². The van der Waals surface area contributed by atoms with Crippen LogP contribution in [0.2, 0.25) is 0 Å². The van der Waals surface area contributed by atoms with E-state index in [9.17, 15) is 4.79 Å². The Morgan fingerprint density at radius 1 is 1.17 bits per heavy atom. The van der Waals surface area contributed by atoms with Crippen molar-refractivity contribution in [3.05, 3.63) is 56.8 Å². The normalized spacial score (nSPS) is 12.6. The molecule has 0 saturated heterocycles. The molecule has 0 atom stereocenters. The van der Waals surface area contributed by atoms with Crippen LogP contribution in [0.4, 0.5) is 0 Å². The quantitative estimate of drug-likeness (QED) is 0.357. The number of ether oxygens (including phenoxy) is 3. The van der Waals surface area contributed by atoms with Gasteiger partial charge in [-0.3, -0.25) is 0 Å². The number of rotatable bonds is 6. The number of hydrogen-bond acceptors (Lipinski definition) is 5. The first kappa shape index (κ1) is 20.5. The molecule has 7 heteroatoms. The van der Waals surface area contributed by atoms with Gasteiger partial charge in [0.05, 0.1) is 28.9 Å². The molecule has 1 aromatic heterocycles. The van der Waals surface area contributed by atoms with Gasteiger partial charge in [0.25, 0.3) is 0 Å². The van der Waals surface area contributed by atoms with Crippen molar-refractivity contribution in [1.82, 2.24) is 4.57 Å². The predicted molar refractivity (Wildman–Crippen MR) is 121 cm³/mol. The van der Waals surface area contributed by atoms with E-state index in [4.69, 9.17) is 19.5 Å². The highest BCUT2D eigenvalue weighted by Crippen LogP contribution is 2.33. The number of aromatic nitrogens is 1. The number of methoxy groups -OCH3 is 1. The molecule has 0 N–H and O–H groups in total.